The third-order valence-electron chi connectivity index (χ3n) is 4.70. The normalized spacial score (nSPS) is 25.7. The number of nitrogens with zero attached hydrogens (tertiary/aromatic N) is 2. The summed E-state index contributed by atoms with van der Waals surface area (Å²) in [6, 6.07) is 6.54. The van der Waals surface area contributed by atoms with Gasteiger partial charge >= 0.3 is 5.97 Å². The fourth-order valence-corrected chi connectivity index (χ4v) is 3.58. The highest BCUT2D eigenvalue weighted by Crippen LogP contribution is 2.32. The standard InChI is InChI=1S/C16H23N3O2/c1-11-9-18-7-3-4-13(18)10-19(11)15-6-5-12(8-14(15)17)16(20)21-2/h5-6,8,11,13H,3-4,7,9-10,17H2,1-2H3. The van der Waals surface area contributed by atoms with Crippen molar-refractivity contribution in [2.24, 2.45) is 0 Å². The van der Waals surface area contributed by atoms with E-state index < -0.39 is 0 Å². The summed E-state index contributed by atoms with van der Waals surface area (Å²) in [6.45, 7) is 5.56. The second kappa shape index (κ2) is 5.56. The Morgan fingerprint density at radius 3 is 2.90 bits per heavy atom. The summed E-state index contributed by atoms with van der Waals surface area (Å²) in [5.74, 6) is -0.345. The lowest BCUT2D eigenvalue weighted by Crippen LogP contribution is -2.55. The molecule has 2 unspecified atom stereocenters. The zero-order valence-electron chi connectivity index (χ0n) is 12.7. The van der Waals surface area contributed by atoms with Gasteiger partial charge in [-0.3, -0.25) is 4.90 Å². The Hall–Kier alpha value is -1.75. The van der Waals surface area contributed by atoms with Gasteiger partial charge in [-0.1, -0.05) is 0 Å². The number of nitrogens with two attached hydrogens (primary N) is 1. The van der Waals surface area contributed by atoms with E-state index in [9.17, 15) is 4.79 Å². The van der Waals surface area contributed by atoms with Crippen molar-refractivity contribution in [2.45, 2.75) is 31.8 Å². The topological polar surface area (TPSA) is 58.8 Å². The Kier molecular flexibility index (Phi) is 3.76. The van der Waals surface area contributed by atoms with Crippen molar-refractivity contribution >= 4 is 17.3 Å². The Bertz CT molecular complexity index is 546. The molecule has 2 fully saturated rings. The summed E-state index contributed by atoms with van der Waals surface area (Å²) in [7, 11) is 1.38. The lowest BCUT2D eigenvalue weighted by molar-refractivity contribution is 0.0601. The molecule has 0 amide bonds. The molecule has 0 radical (unpaired) electrons. The number of hydrogen-bond acceptors (Lipinski definition) is 5. The second-order valence-corrected chi connectivity index (χ2v) is 6.06. The third kappa shape index (κ3) is 2.58. The number of esters is 1. The number of carbonyl (C=O) groups is 1. The third-order valence-corrected chi connectivity index (χ3v) is 4.70. The van der Waals surface area contributed by atoms with Crippen LogP contribution in [0.3, 0.4) is 0 Å². The predicted octanol–water partition coefficient (Wildman–Crippen LogP) is 1.73. The van der Waals surface area contributed by atoms with Crippen molar-refractivity contribution in [1.29, 1.82) is 0 Å². The molecule has 2 aliphatic heterocycles. The van der Waals surface area contributed by atoms with Gasteiger partial charge in [-0.2, -0.15) is 0 Å². The van der Waals surface area contributed by atoms with E-state index >= 15 is 0 Å². The monoisotopic (exact) mass is 289 g/mol. The first-order valence-electron chi connectivity index (χ1n) is 7.58. The second-order valence-electron chi connectivity index (χ2n) is 6.06. The van der Waals surface area contributed by atoms with Crippen LogP contribution in [0.5, 0.6) is 0 Å². The fourth-order valence-electron chi connectivity index (χ4n) is 3.58. The number of carbonyl (C=O) groups excluding carboxylic acids is 1. The fraction of sp³-hybridized carbons (Fsp3) is 0.562. The van der Waals surface area contributed by atoms with Crippen LogP contribution < -0.4 is 10.6 Å². The highest BCUT2D eigenvalue weighted by atomic mass is 16.5. The van der Waals surface area contributed by atoms with Crippen molar-refractivity contribution < 1.29 is 9.53 Å². The van der Waals surface area contributed by atoms with Gasteiger partial charge in [0.2, 0.25) is 0 Å². The van der Waals surface area contributed by atoms with Crippen molar-refractivity contribution in [2.75, 3.05) is 37.4 Å². The average molecular weight is 289 g/mol. The zero-order chi connectivity index (χ0) is 15.0. The lowest BCUT2D eigenvalue weighted by atomic mass is 10.1. The van der Waals surface area contributed by atoms with Gasteiger partial charge < -0.3 is 15.4 Å². The summed E-state index contributed by atoms with van der Waals surface area (Å²) in [5.41, 5.74) is 8.37. The number of ether oxygens (including phenoxy) is 1. The van der Waals surface area contributed by atoms with Gasteiger partial charge in [0.25, 0.3) is 0 Å². The van der Waals surface area contributed by atoms with E-state index in [0.29, 0.717) is 23.3 Å². The van der Waals surface area contributed by atoms with Crippen molar-refractivity contribution in [3.05, 3.63) is 23.8 Å². The number of rotatable bonds is 2. The first-order valence-corrected chi connectivity index (χ1v) is 7.58. The Labute approximate surface area is 125 Å². The molecule has 1 aromatic rings. The SMILES string of the molecule is COC(=O)c1ccc(N2CC3CCCN3CC2C)c(N)c1. The van der Waals surface area contributed by atoms with Crippen LogP contribution in [0.25, 0.3) is 0 Å². The van der Waals surface area contributed by atoms with Gasteiger partial charge in [0.15, 0.2) is 0 Å². The van der Waals surface area contributed by atoms with Gasteiger partial charge in [0.05, 0.1) is 24.0 Å². The highest BCUT2D eigenvalue weighted by molar-refractivity contribution is 5.92. The van der Waals surface area contributed by atoms with Crippen LogP contribution in [0.2, 0.25) is 0 Å². The lowest BCUT2D eigenvalue weighted by Gasteiger charge is -2.44. The Morgan fingerprint density at radius 1 is 1.38 bits per heavy atom. The molecule has 0 saturated carbocycles. The van der Waals surface area contributed by atoms with Crippen molar-refractivity contribution in [3.8, 4) is 0 Å². The first-order chi connectivity index (χ1) is 10.1. The number of nitrogen functional groups attached to an aromatic ring is 1. The molecule has 114 valence electrons. The number of fused-ring (bicyclic) bond motifs is 1. The molecule has 3 rings (SSSR count). The van der Waals surface area contributed by atoms with E-state index in [-0.39, 0.29) is 5.97 Å². The minimum Gasteiger partial charge on any atom is -0.465 e. The predicted molar refractivity (Wildman–Crippen MR) is 83.6 cm³/mol. The molecular formula is C16H23N3O2. The average Bonchev–Trinajstić information content (AvgIpc) is 2.92. The molecule has 1 aromatic carbocycles. The van der Waals surface area contributed by atoms with E-state index in [2.05, 4.69) is 16.7 Å². The number of hydrogen-bond donors (Lipinski definition) is 1. The quantitative estimate of drug-likeness (QED) is 0.664. The smallest absolute Gasteiger partial charge is 0.337 e. The molecule has 5 heteroatoms. The highest BCUT2D eigenvalue weighted by Gasteiger charge is 2.35. The molecule has 5 nitrogen and oxygen atoms in total. The summed E-state index contributed by atoms with van der Waals surface area (Å²) in [5, 5.41) is 0. The zero-order valence-corrected chi connectivity index (χ0v) is 12.7. The van der Waals surface area contributed by atoms with Gasteiger partial charge in [-0.25, -0.2) is 4.79 Å². The summed E-state index contributed by atoms with van der Waals surface area (Å²) in [4.78, 5) is 16.5. The molecule has 0 aliphatic carbocycles. The molecular weight excluding hydrogens is 266 g/mol. The van der Waals surface area contributed by atoms with Gasteiger partial charge in [0, 0.05) is 25.2 Å². The van der Waals surface area contributed by atoms with Crippen molar-refractivity contribution in [1.82, 2.24) is 4.90 Å². The van der Waals surface area contributed by atoms with Crippen LogP contribution >= 0.6 is 0 Å². The van der Waals surface area contributed by atoms with E-state index in [4.69, 9.17) is 10.5 Å². The van der Waals surface area contributed by atoms with Crippen LogP contribution in [0.4, 0.5) is 11.4 Å². The van der Waals surface area contributed by atoms with E-state index in [0.717, 1.165) is 18.8 Å². The summed E-state index contributed by atoms with van der Waals surface area (Å²) >= 11 is 0. The minimum atomic E-state index is -0.345. The molecule has 2 aliphatic rings. The summed E-state index contributed by atoms with van der Waals surface area (Å²) in [6.07, 6.45) is 2.56. The maximum atomic E-state index is 11.6. The number of methoxy groups -OCH3 is 1. The molecule has 2 saturated heterocycles. The molecule has 0 bridgehead atoms. The largest absolute Gasteiger partial charge is 0.465 e. The Morgan fingerprint density at radius 2 is 2.19 bits per heavy atom. The molecule has 0 spiro atoms. The van der Waals surface area contributed by atoms with Gasteiger partial charge in [-0.15, -0.1) is 0 Å². The van der Waals surface area contributed by atoms with Crippen LogP contribution in [0.15, 0.2) is 18.2 Å². The maximum Gasteiger partial charge on any atom is 0.337 e. The minimum absolute atomic E-state index is 0.345. The number of piperazine rings is 1. The van der Waals surface area contributed by atoms with Crippen LogP contribution in [0.1, 0.15) is 30.1 Å². The number of benzene rings is 1. The van der Waals surface area contributed by atoms with Crippen LogP contribution in [-0.2, 0) is 4.74 Å². The maximum absolute atomic E-state index is 11.6. The molecule has 0 aromatic heterocycles. The molecule has 2 atom stereocenters. The van der Waals surface area contributed by atoms with Gasteiger partial charge in [0.1, 0.15) is 0 Å². The van der Waals surface area contributed by atoms with E-state index in [1.807, 2.05) is 6.07 Å². The molecule has 2 N–H and O–H groups in total. The van der Waals surface area contributed by atoms with E-state index in [1.165, 1.54) is 26.5 Å². The molecule has 2 heterocycles. The molecule has 21 heavy (non-hydrogen) atoms. The van der Waals surface area contributed by atoms with Gasteiger partial charge in [-0.05, 0) is 44.5 Å². The summed E-state index contributed by atoms with van der Waals surface area (Å²) < 4.78 is 4.74. The van der Waals surface area contributed by atoms with Crippen LogP contribution in [0, 0.1) is 0 Å². The van der Waals surface area contributed by atoms with Crippen LogP contribution in [-0.4, -0.2) is 49.7 Å². The first kappa shape index (κ1) is 14.2. The van der Waals surface area contributed by atoms with Crippen molar-refractivity contribution in [3.63, 3.8) is 0 Å². The Balaban J connectivity index is 1.84. The van der Waals surface area contributed by atoms with E-state index in [1.54, 1.807) is 12.1 Å². The number of anilines is 2.